The van der Waals surface area contributed by atoms with E-state index in [1.807, 2.05) is 52.0 Å². The zero-order valence-electron chi connectivity index (χ0n) is 22.9. The van der Waals surface area contributed by atoms with Crippen LogP contribution >= 0.6 is 0 Å². The van der Waals surface area contributed by atoms with Gasteiger partial charge < -0.3 is 15.0 Å². The number of carbonyl (C=O) groups excluding carboxylic acids is 2. The molecule has 1 N–H and O–H groups in total. The second kappa shape index (κ2) is 14.0. The smallest absolute Gasteiger partial charge is 0.243 e. The molecule has 0 spiro atoms. The number of anilines is 1. The first-order valence-electron chi connectivity index (χ1n) is 12.8. The molecule has 37 heavy (non-hydrogen) atoms. The molecule has 0 saturated heterocycles. The molecule has 0 bridgehead atoms. The van der Waals surface area contributed by atoms with Crippen molar-refractivity contribution in [1.82, 2.24) is 10.2 Å². The van der Waals surface area contributed by atoms with E-state index in [2.05, 4.69) is 5.32 Å². The molecule has 0 aliphatic carbocycles. The van der Waals surface area contributed by atoms with Crippen molar-refractivity contribution in [2.24, 2.45) is 0 Å². The number of hydrogen-bond acceptors (Lipinski definition) is 5. The highest BCUT2D eigenvalue weighted by molar-refractivity contribution is 7.92. The minimum Gasteiger partial charge on any atom is -0.497 e. The van der Waals surface area contributed by atoms with Crippen molar-refractivity contribution in [3.8, 4) is 5.75 Å². The number of nitrogens with zero attached hydrogens (tertiary/aromatic N) is 2. The van der Waals surface area contributed by atoms with E-state index >= 15 is 0 Å². The molecule has 2 aromatic rings. The average molecular weight is 532 g/mol. The Morgan fingerprint density at radius 3 is 2.14 bits per heavy atom. The zero-order valence-corrected chi connectivity index (χ0v) is 23.7. The lowest BCUT2D eigenvalue weighted by Gasteiger charge is -2.32. The third-order valence-electron chi connectivity index (χ3n) is 6.37. The van der Waals surface area contributed by atoms with Gasteiger partial charge in [-0.1, -0.05) is 43.7 Å². The summed E-state index contributed by atoms with van der Waals surface area (Å²) in [7, 11) is -2.01. The maximum atomic E-state index is 13.5. The Labute approximate surface area is 222 Å². The molecule has 0 fully saturated rings. The van der Waals surface area contributed by atoms with Crippen LogP contribution < -0.4 is 14.4 Å². The molecule has 2 rings (SSSR count). The van der Waals surface area contributed by atoms with E-state index in [4.69, 9.17) is 4.74 Å². The van der Waals surface area contributed by atoms with Gasteiger partial charge in [-0.15, -0.1) is 0 Å². The van der Waals surface area contributed by atoms with E-state index in [1.165, 1.54) is 4.31 Å². The third kappa shape index (κ3) is 9.07. The van der Waals surface area contributed by atoms with Crippen molar-refractivity contribution >= 4 is 27.5 Å². The number of hydrogen-bond donors (Lipinski definition) is 1. The molecule has 204 valence electrons. The van der Waals surface area contributed by atoms with Gasteiger partial charge in [-0.2, -0.15) is 0 Å². The van der Waals surface area contributed by atoms with Gasteiger partial charge in [0.2, 0.25) is 21.8 Å². The van der Waals surface area contributed by atoms with Crippen molar-refractivity contribution in [2.45, 2.75) is 72.0 Å². The summed E-state index contributed by atoms with van der Waals surface area (Å²) < 4.78 is 31.4. The molecule has 2 atom stereocenters. The van der Waals surface area contributed by atoms with Crippen LogP contribution in [-0.4, -0.2) is 57.1 Å². The van der Waals surface area contributed by atoms with Crippen molar-refractivity contribution in [3.05, 3.63) is 59.7 Å². The summed E-state index contributed by atoms with van der Waals surface area (Å²) in [6.07, 6.45) is 2.84. The molecule has 0 unspecified atom stereocenters. The normalized spacial score (nSPS) is 12.9. The summed E-state index contributed by atoms with van der Waals surface area (Å²) in [5.74, 6) is 0.267. The highest BCUT2D eigenvalue weighted by atomic mass is 32.2. The minimum atomic E-state index is -3.56. The quantitative estimate of drug-likeness (QED) is 0.393. The van der Waals surface area contributed by atoms with Gasteiger partial charge in [-0.25, -0.2) is 8.42 Å². The Morgan fingerprint density at radius 2 is 1.62 bits per heavy atom. The van der Waals surface area contributed by atoms with Crippen LogP contribution in [0.3, 0.4) is 0 Å². The first-order chi connectivity index (χ1) is 17.5. The van der Waals surface area contributed by atoms with Crippen LogP contribution in [0, 0.1) is 6.92 Å². The largest absolute Gasteiger partial charge is 0.497 e. The van der Waals surface area contributed by atoms with Crippen molar-refractivity contribution in [2.75, 3.05) is 24.2 Å². The van der Waals surface area contributed by atoms with E-state index in [1.54, 1.807) is 36.3 Å². The Hall–Kier alpha value is -3.07. The van der Waals surface area contributed by atoms with Crippen molar-refractivity contribution in [3.63, 3.8) is 0 Å². The first-order valence-corrected chi connectivity index (χ1v) is 14.6. The predicted molar refractivity (Wildman–Crippen MR) is 148 cm³/mol. The number of carbonyl (C=O) groups is 2. The molecule has 9 heteroatoms. The Balaban J connectivity index is 2.21. The molecule has 0 aromatic heterocycles. The van der Waals surface area contributed by atoms with Crippen LogP contribution in [0.1, 0.15) is 57.6 Å². The maximum absolute atomic E-state index is 13.5. The number of methoxy groups -OCH3 is 1. The lowest BCUT2D eigenvalue weighted by Crippen LogP contribution is -2.50. The molecule has 0 heterocycles. The summed E-state index contributed by atoms with van der Waals surface area (Å²) in [5.41, 5.74) is 2.55. The molecule has 0 aliphatic heterocycles. The SMILES string of the molecule is CC[C@@H](C)NC(=O)[C@H](CC)N(Cc1ccc(C)cc1)C(=O)CCCN(c1ccc(OC)cc1)S(C)(=O)=O. The van der Waals surface area contributed by atoms with Crippen LogP contribution in [0.25, 0.3) is 0 Å². The maximum Gasteiger partial charge on any atom is 0.243 e. The van der Waals surface area contributed by atoms with Gasteiger partial charge in [-0.3, -0.25) is 13.9 Å². The zero-order chi connectivity index (χ0) is 27.6. The number of benzene rings is 2. The molecular formula is C28H41N3O5S. The molecule has 0 saturated carbocycles. The molecule has 0 aliphatic rings. The fraction of sp³-hybridized carbons (Fsp3) is 0.500. The first kappa shape index (κ1) is 30.2. The highest BCUT2D eigenvalue weighted by Crippen LogP contribution is 2.22. The number of rotatable bonds is 14. The summed E-state index contributed by atoms with van der Waals surface area (Å²) in [4.78, 5) is 28.2. The number of aryl methyl sites for hydroxylation is 1. The van der Waals surface area contributed by atoms with Crippen LogP contribution in [0.2, 0.25) is 0 Å². The lowest BCUT2D eigenvalue weighted by atomic mass is 10.1. The standard InChI is InChI=1S/C28H41N3O5S/c1-7-22(4)29-28(33)26(8-2)30(20-23-13-11-21(3)12-14-23)27(32)10-9-19-31(37(6,34)35)24-15-17-25(36-5)18-16-24/h11-18,22,26H,7-10,19-20H2,1-6H3,(H,29,33)/t22-,26+/m1/s1. The highest BCUT2D eigenvalue weighted by Gasteiger charge is 2.29. The summed E-state index contributed by atoms with van der Waals surface area (Å²) in [6, 6.07) is 14.0. The summed E-state index contributed by atoms with van der Waals surface area (Å²) in [5, 5.41) is 3.01. The van der Waals surface area contributed by atoms with E-state index < -0.39 is 16.1 Å². The topological polar surface area (TPSA) is 96.0 Å². The van der Waals surface area contributed by atoms with Gasteiger partial charge in [0.1, 0.15) is 11.8 Å². The summed E-state index contributed by atoms with van der Waals surface area (Å²) >= 11 is 0. The molecule has 2 amide bonds. The van der Waals surface area contributed by atoms with E-state index in [-0.39, 0.29) is 30.8 Å². The van der Waals surface area contributed by atoms with Gasteiger partial charge in [0.05, 0.1) is 19.1 Å². The van der Waals surface area contributed by atoms with Crippen LogP contribution in [0.15, 0.2) is 48.5 Å². The van der Waals surface area contributed by atoms with Crippen molar-refractivity contribution < 1.29 is 22.7 Å². The van der Waals surface area contributed by atoms with E-state index in [0.717, 1.165) is 23.8 Å². The molecule has 2 aromatic carbocycles. The Morgan fingerprint density at radius 1 is 1.00 bits per heavy atom. The predicted octanol–water partition coefficient (Wildman–Crippen LogP) is 4.27. The number of amides is 2. The molecular weight excluding hydrogens is 490 g/mol. The van der Waals surface area contributed by atoms with Crippen LogP contribution in [0.4, 0.5) is 5.69 Å². The number of ether oxygens (including phenoxy) is 1. The number of sulfonamides is 1. The molecule has 8 nitrogen and oxygen atoms in total. The average Bonchev–Trinajstić information content (AvgIpc) is 2.86. The van der Waals surface area contributed by atoms with Crippen LogP contribution in [0.5, 0.6) is 5.75 Å². The van der Waals surface area contributed by atoms with Gasteiger partial charge >= 0.3 is 0 Å². The summed E-state index contributed by atoms with van der Waals surface area (Å²) in [6.45, 7) is 8.28. The fourth-order valence-corrected chi connectivity index (χ4v) is 4.97. The van der Waals surface area contributed by atoms with E-state index in [9.17, 15) is 18.0 Å². The second-order valence-corrected chi connectivity index (χ2v) is 11.3. The fourth-order valence-electron chi connectivity index (χ4n) is 4.00. The lowest BCUT2D eigenvalue weighted by molar-refractivity contribution is -0.141. The number of nitrogens with one attached hydrogen (secondary N) is 1. The van der Waals surface area contributed by atoms with Gasteiger partial charge in [0, 0.05) is 25.6 Å². The minimum absolute atomic E-state index is 0.00527. The van der Waals surface area contributed by atoms with Crippen molar-refractivity contribution in [1.29, 1.82) is 0 Å². The third-order valence-corrected chi connectivity index (χ3v) is 7.57. The van der Waals surface area contributed by atoms with Gasteiger partial charge in [0.15, 0.2) is 0 Å². The second-order valence-electron chi connectivity index (χ2n) is 9.39. The monoisotopic (exact) mass is 531 g/mol. The van der Waals surface area contributed by atoms with Gasteiger partial charge in [-0.05, 0) is 62.9 Å². The van der Waals surface area contributed by atoms with Crippen LogP contribution in [-0.2, 0) is 26.2 Å². The van der Waals surface area contributed by atoms with E-state index in [0.29, 0.717) is 30.8 Å². The van der Waals surface area contributed by atoms with Gasteiger partial charge in [0.25, 0.3) is 0 Å². The molecule has 0 radical (unpaired) electrons. The Kier molecular flexibility index (Phi) is 11.4. The Bertz CT molecular complexity index is 1120.